The first kappa shape index (κ1) is 15.1. The molecule has 0 radical (unpaired) electrons. The van der Waals surface area contributed by atoms with E-state index in [9.17, 15) is 8.42 Å². The highest BCUT2D eigenvalue weighted by Gasteiger charge is 2.21. The number of nitrogens with two attached hydrogens (primary N) is 1. The SMILES string of the molecule is CC(N)CC(C)NS(=O)(=O)c1ccc2c(c1)OCCO2. The Morgan fingerprint density at radius 1 is 1.25 bits per heavy atom. The maximum atomic E-state index is 12.3. The van der Waals surface area contributed by atoms with Crippen LogP contribution >= 0.6 is 0 Å². The third kappa shape index (κ3) is 3.62. The standard InChI is InChI=1S/C13H20N2O4S/c1-9(14)7-10(2)15-20(16,17)11-3-4-12-13(8-11)19-6-5-18-12/h3-4,8-10,15H,5-7,14H2,1-2H3. The topological polar surface area (TPSA) is 90.7 Å². The predicted octanol–water partition coefficient (Wildman–Crippen LogP) is 0.862. The highest BCUT2D eigenvalue weighted by atomic mass is 32.2. The van der Waals surface area contributed by atoms with Gasteiger partial charge in [0.1, 0.15) is 13.2 Å². The van der Waals surface area contributed by atoms with Gasteiger partial charge in [-0.15, -0.1) is 0 Å². The van der Waals surface area contributed by atoms with Gasteiger partial charge in [-0.1, -0.05) is 0 Å². The van der Waals surface area contributed by atoms with E-state index < -0.39 is 10.0 Å². The minimum Gasteiger partial charge on any atom is -0.486 e. The van der Waals surface area contributed by atoms with Gasteiger partial charge in [0, 0.05) is 18.2 Å². The van der Waals surface area contributed by atoms with Crippen molar-refractivity contribution in [3.63, 3.8) is 0 Å². The van der Waals surface area contributed by atoms with E-state index in [-0.39, 0.29) is 17.0 Å². The average Bonchev–Trinajstić information content (AvgIpc) is 2.36. The van der Waals surface area contributed by atoms with Crippen molar-refractivity contribution < 1.29 is 17.9 Å². The van der Waals surface area contributed by atoms with Gasteiger partial charge >= 0.3 is 0 Å². The second-order valence-electron chi connectivity index (χ2n) is 5.04. The van der Waals surface area contributed by atoms with E-state index in [1.54, 1.807) is 13.0 Å². The van der Waals surface area contributed by atoms with Crippen molar-refractivity contribution in [2.75, 3.05) is 13.2 Å². The third-order valence-corrected chi connectivity index (χ3v) is 4.49. The molecule has 2 rings (SSSR count). The van der Waals surface area contributed by atoms with Crippen molar-refractivity contribution in [3.8, 4) is 11.5 Å². The quantitative estimate of drug-likeness (QED) is 0.841. The van der Waals surface area contributed by atoms with Gasteiger partial charge in [-0.2, -0.15) is 0 Å². The first-order chi connectivity index (χ1) is 9.38. The van der Waals surface area contributed by atoms with Crippen LogP contribution in [0.5, 0.6) is 11.5 Å². The smallest absolute Gasteiger partial charge is 0.240 e. The summed E-state index contributed by atoms with van der Waals surface area (Å²) in [6.45, 7) is 4.53. The van der Waals surface area contributed by atoms with Gasteiger partial charge in [0.15, 0.2) is 11.5 Å². The second-order valence-corrected chi connectivity index (χ2v) is 6.75. The van der Waals surface area contributed by atoms with Crippen LogP contribution in [0, 0.1) is 0 Å². The fourth-order valence-electron chi connectivity index (χ4n) is 2.13. The predicted molar refractivity (Wildman–Crippen MR) is 75.5 cm³/mol. The minimum atomic E-state index is -3.58. The van der Waals surface area contributed by atoms with Gasteiger partial charge in [0.25, 0.3) is 0 Å². The summed E-state index contributed by atoms with van der Waals surface area (Å²) >= 11 is 0. The fourth-order valence-corrected chi connectivity index (χ4v) is 3.40. The number of hydrogen-bond donors (Lipinski definition) is 2. The van der Waals surface area contributed by atoms with Crippen LogP contribution in [0.15, 0.2) is 23.1 Å². The van der Waals surface area contributed by atoms with E-state index in [0.29, 0.717) is 31.1 Å². The van der Waals surface area contributed by atoms with Crippen molar-refractivity contribution in [2.24, 2.45) is 5.73 Å². The van der Waals surface area contributed by atoms with Gasteiger partial charge in [0.2, 0.25) is 10.0 Å². The van der Waals surface area contributed by atoms with Gasteiger partial charge in [0.05, 0.1) is 4.90 Å². The first-order valence-electron chi connectivity index (χ1n) is 6.56. The molecule has 1 aromatic carbocycles. The summed E-state index contributed by atoms with van der Waals surface area (Å²) in [5.74, 6) is 1.03. The van der Waals surface area contributed by atoms with Crippen LogP contribution in [0.2, 0.25) is 0 Å². The molecule has 1 aliphatic heterocycles. The van der Waals surface area contributed by atoms with Crippen LogP contribution in [0.4, 0.5) is 0 Å². The van der Waals surface area contributed by atoms with Crippen LogP contribution in [-0.2, 0) is 10.0 Å². The Morgan fingerprint density at radius 3 is 2.55 bits per heavy atom. The molecule has 0 aromatic heterocycles. The van der Waals surface area contributed by atoms with Crippen molar-refractivity contribution in [3.05, 3.63) is 18.2 Å². The summed E-state index contributed by atoms with van der Waals surface area (Å²) < 4.78 is 37.9. The molecule has 0 spiro atoms. The zero-order chi connectivity index (χ0) is 14.8. The molecule has 0 amide bonds. The van der Waals surface area contributed by atoms with Crippen LogP contribution < -0.4 is 19.9 Å². The van der Waals surface area contributed by atoms with Crippen LogP contribution in [0.1, 0.15) is 20.3 Å². The maximum absolute atomic E-state index is 12.3. The Kier molecular flexibility index (Phi) is 4.52. The molecular weight excluding hydrogens is 280 g/mol. The van der Waals surface area contributed by atoms with E-state index in [4.69, 9.17) is 15.2 Å². The fraction of sp³-hybridized carbons (Fsp3) is 0.538. The number of sulfonamides is 1. The molecule has 0 saturated carbocycles. The molecule has 1 aliphatic rings. The second kappa shape index (κ2) is 5.99. The van der Waals surface area contributed by atoms with E-state index in [1.165, 1.54) is 12.1 Å². The minimum absolute atomic E-state index is 0.0621. The Morgan fingerprint density at radius 2 is 1.90 bits per heavy atom. The lowest BCUT2D eigenvalue weighted by Crippen LogP contribution is -2.36. The molecule has 0 aliphatic carbocycles. The highest BCUT2D eigenvalue weighted by molar-refractivity contribution is 7.89. The van der Waals surface area contributed by atoms with E-state index >= 15 is 0 Å². The van der Waals surface area contributed by atoms with Gasteiger partial charge in [-0.05, 0) is 32.4 Å². The molecule has 20 heavy (non-hydrogen) atoms. The number of benzene rings is 1. The normalized spacial score (nSPS) is 17.6. The molecule has 112 valence electrons. The molecule has 0 bridgehead atoms. The molecule has 3 N–H and O–H groups in total. The lowest BCUT2D eigenvalue weighted by atomic mass is 10.1. The molecule has 1 heterocycles. The third-order valence-electron chi connectivity index (χ3n) is 2.91. The Bertz CT molecular complexity index is 572. The van der Waals surface area contributed by atoms with Crippen molar-refractivity contribution in [1.82, 2.24) is 4.72 Å². The summed E-state index contributed by atoms with van der Waals surface area (Å²) in [5, 5.41) is 0. The Hall–Kier alpha value is -1.31. The summed E-state index contributed by atoms with van der Waals surface area (Å²) in [6.07, 6.45) is 0.573. The summed E-state index contributed by atoms with van der Waals surface area (Å²) in [4.78, 5) is 0.165. The summed E-state index contributed by atoms with van der Waals surface area (Å²) in [5.41, 5.74) is 5.67. The zero-order valence-electron chi connectivity index (χ0n) is 11.6. The average molecular weight is 300 g/mol. The molecule has 2 unspecified atom stereocenters. The molecule has 1 aromatic rings. The molecule has 6 nitrogen and oxygen atoms in total. The van der Waals surface area contributed by atoms with E-state index in [2.05, 4.69) is 4.72 Å². The van der Waals surface area contributed by atoms with Crippen molar-refractivity contribution in [2.45, 2.75) is 37.2 Å². The lowest BCUT2D eigenvalue weighted by Gasteiger charge is -2.20. The number of rotatable bonds is 5. The van der Waals surface area contributed by atoms with E-state index in [0.717, 1.165) is 0 Å². The Balaban J connectivity index is 2.17. The Labute approximate surface area is 119 Å². The molecule has 0 saturated heterocycles. The maximum Gasteiger partial charge on any atom is 0.240 e. The van der Waals surface area contributed by atoms with Gasteiger partial charge < -0.3 is 15.2 Å². The summed E-state index contributed by atoms with van der Waals surface area (Å²) in [6, 6.07) is 4.31. The largest absolute Gasteiger partial charge is 0.486 e. The number of fused-ring (bicyclic) bond motifs is 1. The van der Waals surface area contributed by atoms with Crippen LogP contribution in [0.25, 0.3) is 0 Å². The van der Waals surface area contributed by atoms with Crippen molar-refractivity contribution in [1.29, 1.82) is 0 Å². The zero-order valence-corrected chi connectivity index (χ0v) is 12.4. The van der Waals surface area contributed by atoms with Gasteiger partial charge in [-0.3, -0.25) is 0 Å². The van der Waals surface area contributed by atoms with Crippen LogP contribution in [-0.4, -0.2) is 33.7 Å². The molecular formula is C13H20N2O4S. The van der Waals surface area contributed by atoms with Crippen molar-refractivity contribution >= 4 is 10.0 Å². The molecule has 0 fully saturated rings. The van der Waals surface area contributed by atoms with Gasteiger partial charge in [-0.25, -0.2) is 13.1 Å². The highest BCUT2D eigenvalue weighted by Crippen LogP contribution is 2.32. The molecule has 2 atom stereocenters. The number of nitrogens with one attached hydrogen (secondary N) is 1. The number of ether oxygens (including phenoxy) is 2. The lowest BCUT2D eigenvalue weighted by molar-refractivity contribution is 0.171. The molecule has 7 heteroatoms. The van der Waals surface area contributed by atoms with Crippen LogP contribution in [0.3, 0.4) is 0 Å². The summed E-state index contributed by atoms with van der Waals surface area (Å²) in [7, 11) is -3.58. The number of hydrogen-bond acceptors (Lipinski definition) is 5. The monoisotopic (exact) mass is 300 g/mol. The van der Waals surface area contributed by atoms with E-state index in [1.807, 2.05) is 6.92 Å². The first-order valence-corrected chi connectivity index (χ1v) is 8.04.